The van der Waals surface area contributed by atoms with Crippen LogP contribution >= 0.6 is 11.6 Å². The second-order valence-electron chi connectivity index (χ2n) is 6.13. The van der Waals surface area contributed by atoms with Gasteiger partial charge in [0, 0.05) is 30.8 Å². The molecule has 0 atom stereocenters. The molecule has 3 aromatic rings. The van der Waals surface area contributed by atoms with E-state index < -0.39 is 0 Å². The molecule has 0 unspecified atom stereocenters. The number of halogens is 1. The number of nitrogens with zero attached hydrogens (tertiary/aromatic N) is 6. The fourth-order valence-corrected chi connectivity index (χ4v) is 3.03. The molecule has 0 radical (unpaired) electrons. The molecule has 4 rings (SSSR count). The van der Waals surface area contributed by atoms with E-state index in [1.807, 2.05) is 17.9 Å². The lowest BCUT2D eigenvalue weighted by molar-refractivity contribution is -0.120. The van der Waals surface area contributed by atoms with Crippen molar-refractivity contribution in [1.29, 1.82) is 0 Å². The van der Waals surface area contributed by atoms with Gasteiger partial charge in [0.15, 0.2) is 17.0 Å². The van der Waals surface area contributed by atoms with E-state index in [0.717, 1.165) is 11.3 Å². The number of anilines is 2. The normalized spacial score (nSPS) is 14.6. The highest BCUT2D eigenvalue weighted by Gasteiger charge is 2.35. The lowest BCUT2D eigenvalue weighted by Crippen LogP contribution is -2.52. The predicted molar refractivity (Wildman–Crippen MR) is 94.6 cm³/mol. The molecule has 1 amide bonds. The maximum absolute atomic E-state index is 12.5. The van der Waals surface area contributed by atoms with Crippen molar-refractivity contribution in [3.05, 3.63) is 35.1 Å². The summed E-state index contributed by atoms with van der Waals surface area (Å²) in [6, 6.07) is 5.45. The van der Waals surface area contributed by atoms with Crippen LogP contribution in [0.25, 0.3) is 11.2 Å². The van der Waals surface area contributed by atoms with E-state index in [1.54, 1.807) is 23.9 Å². The molecule has 1 aromatic carbocycles. The van der Waals surface area contributed by atoms with Gasteiger partial charge in [0.2, 0.25) is 5.91 Å². The Bertz CT molecular complexity index is 964. The van der Waals surface area contributed by atoms with Gasteiger partial charge in [-0.15, -0.1) is 5.10 Å². The molecule has 0 bridgehead atoms. The number of hydrogen-bond acceptors (Lipinski definition) is 6. The molecule has 0 aliphatic carbocycles. The molecule has 0 saturated carbocycles. The van der Waals surface area contributed by atoms with Crippen LogP contribution in [0.15, 0.2) is 24.5 Å². The molecule has 1 aliphatic heterocycles. The third kappa shape index (κ3) is 2.78. The summed E-state index contributed by atoms with van der Waals surface area (Å²) in [5, 5.41) is 11.6. The monoisotopic (exact) mass is 357 g/mol. The van der Waals surface area contributed by atoms with Gasteiger partial charge in [-0.3, -0.25) is 4.79 Å². The maximum Gasteiger partial charge on any atom is 0.231 e. The third-order valence-corrected chi connectivity index (χ3v) is 4.61. The molecule has 1 fully saturated rings. The van der Waals surface area contributed by atoms with E-state index in [9.17, 15) is 4.79 Å². The van der Waals surface area contributed by atoms with Crippen LogP contribution in [-0.2, 0) is 11.8 Å². The SMILES string of the molecule is Cc1ccc(Cl)cc1NC(=O)C1CN(c2ncnc3c2nnn3C)C1. The Morgan fingerprint density at radius 3 is 2.92 bits per heavy atom. The summed E-state index contributed by atoms with van der Waals surface area (Å²) in [5.74, 6) is 0.576. The first kappa shape index (κ1) is 15.8. The zero-order chi connectivity index (χ0) is 17.6. The van der Waals surface area contributed by atoms with Gasteiger partial charge >= 0.3 is 0 Å². The summed E-state index contributed by atoms with van der Waals surface area (Å²) in [6.45, 7) is 3.09. The first-order chi connectivity index (χ1) is 12.0. The maximum atomic E-state index is 12.5. The topological polar surface area (TPSA) is 88.8 Å². The van der Waals surface area contributed by atoms with Crippen LogP contribution in [0.4, 0.5) is 11.5 Å². The van der Waals surface area contributed by atoms with Crippen molar-refractivity contribution in [3.8, 4) is 0 Å². The van der Waals surface area contributed by atoms with Gasteiger partial charge in [-0.1, -0.05) is 22.9 Å². The fourth-order valence-electron chi connectivity index (χ4n) is 2.85. The molecule has 1 N–H and O–H groups in total. The molecule has 3 heterocycles. The third-order valence-electron chi connectivity index (χ3n) is 4.38. The molecule has 1 saturated heterocycles. The second-order valence-corrected chi connectivity index (χ2v) is 6.57. The molecule has 128 valence electrons. The van der Waals surface area contributed by atoms with E-state index in [4.69, 9.17) is 11.6 Å². The van der Waals surface area contributed by atoms with Gasteiger partial charge in [0.1, 0.15) is 6.33 Å². The zero-order valence-corrected chi connectivity index (χ0v) is 14.5. The zero-order valence-electron chi connectivity index (χ0n) is 13.8. The Morgan fingerprint density at radius 1 is 1.32 bits per heavy atom. The summed E-state index contributed by atoms with van der Waals surface area (Å²) in [6.07, 6.45) is 1.49. The summed E-state index contributed by atoms with van der Waals surface area (Å²) < 4.78 is 1.60. The summed E-state index contributed by atoms with van der Waals surface area (Å²) in [7, 11) is 1.78. The first-order valence-corrected chi connectivity index (χ1v) is 8.23. The molecule has 9 heteroatoms. The van der Waals surface area contributed by atoms with Crippen LogP contribution in [0.1, 0.15) is 5.56 Å². The van der Waals surface area contributed by atoms with Gasteiger partial charge < -0.3 is 10.2 Å². The molecule has 25 heavy (non-hydrogen) atoms. The Labute approximate surface area is 148 Å². The van der Waals surface area contributed by atoms with Gasteiger partial charge in [0.25, 0.3) is 0 Å². The van der Waals surface area contributed by atoms with Crippen molar-refractivity contribution in [1.82, 2.24) is 25.0 Å². The van der Waals surface area contributed by atoms with Crippen molar-refractivity contribution in [3.63, 3.8) is 0 Å². The van der Waals surface area contributed by atoms with Crippen molar-refractivity contribution in [2.75, 3.05) is 23.3 Å². The number of amides is 1. The Hall–Kier alpha value is -2.74. The van der Waals surface area contributed by atoms with Crippen LogP contribution in [0.5, 0.6) is 0 Å². The van der Waals surface area contributed by atoms with Crippen LogP contribution < -0.4 is 10.2 Å². The lowest BCUT2D eigenvalue weighted by atomic mass is 9.98. The Balaban J connectivity index is 1.46. The van der Waals surface area contributed by atoms with Crippen LogP contribution in [-0.4, -0.2) is 44.0 Å². The molecule has 1 aliphatic rings. The quantitative estimate of drug-likeness (QED) is 0.768. The van der Waals surface area contributed by atoms with Crippen LogP contribution in [0.2, 0.25) is 5.02 Å². The van der Waals surface area contributed by atoms with Crippen molar-refractivity contribution < 1.29 is 4.79 Å². The minimum Gasteiger partial charge on any atom is -0.353 e. The number of rotatable bonds is 3. The summed E-state index contributed by atoms with van der Waals surface area (Å²) in [4.78, 5) is 22.9. The highest BCUT2D eigenvalue weighted by molar-refractivity contribution is 6.31. The van der Waals surface area contributed by atoms with E-state index >= 15 is 0 Å². The number of nitrogens with one attached hydrogen (secondary N) is 1. The number of carbonyl (C=O) groups excluding carboxylic acids is 1. The number of carbonyl (C=O) groups is 1. The lowest BCUT2D eigenvalue weighted by Gasteiger charge is -2.38. The van der Waals surface area contributed by atoms with E-state index in [0.29, 0.717) is 35.1 Å². The average Bonchev–Trinajstić information content (AvgIpc) is 2.92. The van der Waals surface area contributed by atoms with E-state index in [1.165, 1.54) is 6.33 Å². The van der Waals surface area contributed by atoms with Crippen molar-refractivity contribution in [2.45, 2.75) is 6.92 Å². The van der Waals surface area contributed by atoms with E-state index in [2.05, 4.69) is 25.6 Å². The Kier molecular flexibility index (Phi) is 3.76. The number of fused-ring (bicyclic) bond motifs is 1. The molecule has 8 nitrogen and oxygen atoms in total. The van der Waals surface area contributed by atoms with Crippen molar-refractivity contribution >= 4 is 40.2 Å². The standard InChI is InChI=1S/C16H16ClN7O/c1-9-3-4-11(17)5-12(9)20-16(25)10-6-24(7-10)15-13-14(18-8-19-15)23(2)22-21-13/h3-5,8,10H,6-7H2,1-2H3,(H,20,25). The van der Waals surface area contributed by atoms with Gasteiger partial charge in [-0.05, 0) is 24.6 Å². The minimum atomic E-state index is -0.111. The molecule has 2 aromatic heterocycles. The number of benzene rings is 1. The predicted octanol–water partition coefficient (Wildman–Crippen LogP) is 1.80. The number of aromatic nitrogens is 5. The Morgan fingerprint density at radius 2 is 2.12 bits per heavy atom. The molecular formula is C16H16ClN7O. The number of hydrogen-bond donors (Lipinski definition) is 1. The first-order valence-electron chi connectivity index (χ1n) is 7.85. The highest BCUT2D eigenvalue weighted by Crippen LogP contribution is 2.28. The van der Waals surface area contributed by atoms with Gasteiger partial charge in [-0.25, -0.2) is 14.6 Å². The van der Waals surface area contributed by atoms with Gasteiger partial charge in [-0.2, -0.15) is 0 Å². The van der Waals surface area contributed by atoms with Crippen LogP contribution in [0, 0.1) is 12.8 Å². The van der Waals surface area contributed by atoms with E-state index in [-0.39, 0.29) is 11.8 Å². The number of aryl methyl sites for hydroxylation is 2. The van der Waals surface area contributed by atoms with Gasteiger partial charge in [0.05, 0.1) is 5.92 Å². The highest BCUT2D eigenvalue weighted by atomic mass is 35.5. The minimum absolute atomic E-state index is 0.0222. The summed E-state index contributed by atoms with van der Waals surface area (Å²) >= 11 is 6.00. The molecule has 0 spiro atoms. The fraction of sp³-hybridized carbons (Fsp3) is 0.312. The average molecular weight is 358 g/mol. The largest absolute Gasteiger partial charge is 0.353 e. The molecular weight excluding hydrogens is 342 g/mol. The van der Waals surface area contributed by atoms with Crippen molar-refractivity contribution in [2.24, 2.45) is 13.0 Å². The summed E-state index contributed by atoms with van der Waals surface area (Å²) in [5.41, 5.74) is 3.04. The van der Waals surface area contributed by atoms with Crippen LogP contribution in [0.3, 0.4) is 0 Å². The smallest absolute Gasteiger partial charge is 0.231 e. The second kappa shape index (κ2) is 5.96.